The number of piperidine rings is 2. The van der Waals surface area contributed by atoms with Gasteiger partial charge >= 0.3 is 0 Å². The predicted octanol–water partition coefficient (Wildman–Crippen LogP) is 0.950. The summed E-state index contributed by atoms with van der Waals surface area (Å²) in [5.74, 6) is 1.63. The number of hydrogen-bond acceptors (Lipinski definition) is 7. The molecule has 1 aromatic heterocycles. The molecule has 1 atom stereocenters. The summed E-state index contributed by atoms with van der Waals surface area (Å²) in [6.45, 7) is 4.20. The fourth-order valence-corrected chi connectivity index (χ4v) is 3.15. The third-order valence-corrected chi connectivity index (χ3v) is 4.24. The van der Waals surface area contributed by atoms with Crippen LogP contribution in [0.4, 0.5) is 17.8 Å². The van der Waals surface area contributed by atoms with Crippen molar-refractivity contribution in [1.82, 2.24) is 19.9 Å². The Morgan fingerprint density at radius 2 is 1.86 bits per heavy atom. The maximum Gasteiger partial charge on any atom is 0.231 e. The summed E-state index contributed by atoms with van der Waals surface area (Å²) < 4.78 is 0. The summed E-state index contributed by atoms with van der Waals surface area (Å²) in [6, 6.07) is 0.389. The van der Waals surface area contributed by atoms with Gasteiger partial charge in [-0.15, -0.1) is 0 Å². The van der Waals surface area contributed by atoms with Gasteiger partial charge in [-0.05, 0) is 45.7 Å². The first-order chi connectivity index (χ1) is 10.2. The number of nitrogens with one attached hydrogen (secondary N) is 1. The summed E-state index contributed by atoms with van der Waals surface area (Å²) in [6.07, 6.45) is 6.03. The minimum Gasteiger partial charge on any atom is -0.368 e. The second-order valence-corrected chi connectivity index (χ2v) is 6.11. The van der Waals surface area contributed by atoms with Crippen LogP contribution < -0.4 is 16.0 Å². The van der Waals surface area contributed by atoms with E-state index in [1.807, 2.05) is 0 Å². The zero-order valence-corrected chi connectivity index (χ0v) is 12.8. The fourth-order valence-electron chi connectivity index (χ4n) is 3.15. The van der Waals surface area contributed by atoms with Crippen LogP contribution in [-0.4, -0.2) is 59.1 Å². The fraction of sp³-hybridized carbons (Fsp3) is 0.786. The molecule has 21 heavy (non-hydrogen) atoms. The molecule has 0 aromatic carbocycles. The van der Waals surface area contributed by atoms with Gasteiger partial charge in [0.1, 0.15) is 0 Å². The zero-order chi connectivity index (χ0) is 14.7. The minimum atomic E-state index is 0.303. The van der Waals surface area contributed by atoms with Gasteiger partial charge in [-0.3, -0.25) is 0 Å². The van der Waals surface area contributed by atoms with E-state index in [0.717, 1.165) is 32.6 Å². The van der Waals surface area contributed by atoms with Crippen LogP contribution in [0.25, 0.3) is 0 Å². The number of anilines is 3. The highest BCUT2D eigenvalue weighted by Crippen LogP contribution is 2.19. The average molecular weight is 291 g/mol. The van der Waals surface area contributed by atoms with Gasteiger partial charge in [0, 0.05) is 25.7 Å². The van der Waals surface area contributed by atoms with Crippen molar-refractivity contribution >= 4 is 17.8 Å². The van der Waals surface area contributed by atoms with Crippen LogP contribution in [-0.2, 0) is 0 Å². The van der Waals surface area contributed by atoms with Crippen molar-refractivity contribution < 1.29 is 0 Å². The van der Waals surface area contributed by atoms with Crippen molar-refractivity contribution in [2.75, 3.05) is 49.2 Å². The lowest BCUT2D eigenvalue weighted by atomic mass is 10.1. The van der Waals surface area contributed by atoms with Gasteiger partial charge in [-0.1, -0.05) is 0 Å². The van der Waals surface area contributed by atoms with Crippen molar-refractivity contribution in [2.45, 2.75) is 38.1 Å². The number of aromatic nitrogens is 3. The summed E-state index contributed by atoms with van der Waals surface area (Å²) >= 11 is 0. The van der Waals surface area contributed by atoms with Crippen molar-refractivity contribution in [3.63, 3.8) is 0 Å². The number of nitrogen functional groups attached to an aromatic ring is 1. The lowest BCUT2D eigenvalue weighted by Crippen LogP contribution is -2.40. The molecule has 7 nitrogen and oxygen atoms in total. The summed E-state index contributed by atoms with van der Waals surface area (Å²) in [5.41, 5.74) is 5.86. The number of likely N-dealkylation sites (tertiary alicyclic amines) is 1. The van der Waals surface area contributed by atoms with Gasteiger partial charge in [-0.2, -0.15) is 15.0 Å². The van der Waals surface area contributed by atoms with Gasteiger partial charge in [0.15, 0.2) is 0 Å². The minimum absolute atomic E-state index is 0.303. The SMILES string of the molecule is CN1CCCC(Nc2nc(N)nc(N3CCCCC3)n2)C1. The standard InChI is InChI=1S/C14H25N7/c1-20-7-5-6-11(10-20)16-13-17-12(15)18-14(19-13)21-8-3-2-4-9-21/h11H,2-10H2,1H3,(H3,15,16,17,18,19). The molecule has 0 aliphatic carbocycles. The maximum atomic E-state index is 5.86. The molecule has 0 saturated carbocycles. The molecule has 7 heteroatoms. The monoisotopic (exact) mass is 291 g/mol. The Morgan fingerprint density at radius 3 is 2.62 bits per heavy atom. The molecule has 2 fully saturated rings. The molecule has 0 spiro atoms. The average Bonchev–Trinajstić information content (AvgIpc) is 2.47. The summed E-state index contributed by atoms with van der Waals surface area (Å²) in [5, 5.41) is 3.42. The highest BCUT2D eigenvalue weighted by Gasteiger charge is 2.20. The van der Waals surface area contributed by atoms with E-state index in [1.54, 1.807) is 0 Å². The molecule has 2 saturated heterocycles. The maximum absolute atomic E-state index is 5.86. The van der Waals surface area contributed by atoms with Crippen molar-refractivity contribution in [3.8, 4) is 0 Å². The highest BCUT2D eigenvalue weighted by molar-refractivity contribution is 5.42. The van der Waals surface area contributed by atoms with E-state index in [9.17, 15) is 0 Å². The van der Waals surface area contributed by atoms with Crippen LogP contribution in [0, 0.1) is 0 Å². The number of hydrogen-bond donors (Lipinski definition) is 2. The van der Waals surface area contributed by atoms with Crippen molar-refractivity contribution in [2.24, 2.45) is 0 Å². The molecular weight excluding hydrogens is 266 g/mol. The van der Waals surface area contributed by atoms with Crippen LogP contribution >= 0.6 is 0 Å². The Morgan fingerprint density at radius 1 is 1.05 bits per heavy atom. The van der Waals surface area contributed by atoms with E-state index >= 15 is 0 Å². The molecule has 116 valence electrons. The van der Waals surface area contributed by atoms with E-state index in [1.165, 1.54) is 25.7 Å². The summed E-state index contributed by atoms with van der Waals surface area (Å²) in [4.78, 5) is 17.7. The Bertz CT molecular complexity index is 472. The van der Waals surface area contributed by atoms with Crippen LogP contribution in [0.5, 0.6) is 0 Å². The number of nitrogens with two attached hydrogens (primary N) is 1. The predicted molar refractivity (Wildman–Crippen MR) is 84.4 cm³/mol. The first-order valence-electron chi connectivity index (χ1n) is 7.92. The third kappa shape index (κ3) is 3.72. The van der Waals surface area contributed by atoms with Crippen LogP contribution in [0.2, 0.25) is 0 Å². The molecule has 2 aliphatic heterocycles. The lowest BCUT2D eigenvalue weighted by molar-refractivity contribution is 0.260. The molecule has 1 unspecified atom stereocenters. The topological polar surface area (TPSA) is 83.2 Å². The quantitative estimate of drug-likeness (QED) is 0.858. The largest absolute Gasteiger partial charge is 0.368 e. The number of rotatable bonds is 3. The van der Waals surface area contributed by atoms with E-state index in [0.29, 0.717) is 23.9 Å². The van der Waals surface area contributed by atoms with Crippen molar-refractivity contribution in [1.29, 1.82) is 0 Å². The molecule has 3 heterocycles. The number of likely N-dealkylation sites (N-methyl/N-ethyl adjacent to an activating group) is 1. The molecule has 0 bridgehead atoms. The molecular formula is C14H25N7. The Kier molecular flexibility index (Phi) is 4.38. The molecule has 0 amide bonds. The molecule has 1 aromatic rings. The first kappa shape index (κ1) is 14.3. The van der Waals surface area contributed by atoms with Gasteiger partial charge in [0.2, 0.25) is 17.8 Å². The van der Waals surface area contributed by atoms with Crippen LogP contribution in [0.3, 0.4) is 0 Å². The lowest BCUT2D eigenvalue weighted by Gasteiger charge is -2.30. The zero-order valence-electron chi connectivity index (χ0n) is 12.8. The van der Waals surface area contributed by atoms with E-state index in [-0.39, 0.29) is 0 Å². The van der Waals surface area contributed by atoms with E-state index in [2.05, 4.69) is 37.1 Å². The van der Waals surface area contributed by atoms with Gasteiger partial charge in [-0.25, -0.2) is 0 Å². The highest BCUT2D eigenvalue weighted by atomic mass is 15.3. The third-order valence-electron chi connectivity index (χ3n) is 4.24. The van der Waals surface area contributed by atoms with E-state index in [4.69, 9.17) is 5.73 Å². The first-order valence-corrected chi connectivity index (χ1v) is 7.92. The van der Waals surface area contributed by atoms with Crippen LogP contribution in [0.1, 0.15) is 32.1 Å². The molecule has 2 aliphatic rings. The van der Waals surface area contributed by atoms with Crippen LogP contribution in [0.15, 0.2) is 0 Å². The van der Waals surface area contributed by atoms with Gasteiger partial charge < -0.3 is 20.9 Å². The smallest absolute Gasteiger partial charge is 0.231 e. The van der Waals surface area contributed by atoms with E-state index < -0.39 is 0 Å². The van der Waals surface area contributed by atoms with Gasteiger partial charge in [0.25, 0.3) is 0 Å². The van der Waals surface area contributed by atoms with Gasteiger partial charge in [0.05, 0.1) is 0 Å². The number of nitrogens with zero attached hydrogens (tertiary/aromatic N) is 5. The summed E-state index contributed by atoms with van der Waals surface area (Å²) in [7, 11) is 2.15. The van der Waals surface area contributed by atoms with Crippen molar-refractivity contribution in [3.05, 3.63) is 0 Å². The second kappa shape index (κ2) is 6.43. The second-order valence-electron chi connectivity index (χ2n) is 6.11. The molecule has 0 radical (unpaired) electrons. The normalized spacial score (nSPS) is 24.0. The molecule has 3 rings (SSSR count). The Balaban J connectivity index is 1.71. The Labute approximate surface area is 126 Å². The molecule has 3 N–H and O–H groups in total. The Hall–Kier alpha value is -1.63.